The van der Waals surface area contributed by atoms with E-state index in [1.165, 1.54) is 43.5 Å². The monoisotopic (exact) mass is 260 g/mol. The maximum Gasteiger partial charge on any atom is 0.0205 e. The van der Waals surface area contributed by atoms with Gasteiger partial charge in [-0.3, -0.25) is 0 Å². The summed E-state index contributed by atoms with van der Waals surface area (Å²) >= 11 is 0. The standard InChI is InChI=1S/C17H28N2/c1-14(2)10-15-5-7-16(8-6-15)11-19-13-17-4-3-9-18-12-17/h5-8,14,17-19H,3-4,9-13H2,1-2H3. The highest BCUT2D eigenvalue weighted by Gasteiger charge is 2.11. The van der Waals surface area contributed by atoms with Crippen molar-refractivity contribution in [2.45, 2.75) is 39.7 Å². The maximum absolute atomic E-state index is 3.59. The Balaban J connectivity index is 1.70. The molecular weight excluding hydrogens is 232 g/mol. The van der Waals surface area contributed by atoms with Crippen molar-refractivity contribution < 1.29 is 0 Å². The Morgan fingerprint density at radius 1 is 1.21 bits per heavy atom. The molecule has 1 aromatic carbocycles. The predicted molar refractivity (Wildman–Crippen MR) is 82.3 cm³/mol. The van der Waals surface area contributed by atoms with Crippen LogP contribution >= 0.6 is 0 Å². The summed E-state index contributed by atoms with van der Waals surface area (Å²) in [4.78, 5) is 0. The summed E-state index contributed by atoms with van der Waals surface area (Å²) in [6, 6.07) is 9.09. The van der Waals surface area contributed by atoms with Gasteiger partial charge in [0.05, 0.1) is 0 Å². The molecule has 0 radical (unpaired) electrons. The van der Waals surface area contributed by atoms with Crippen molar-refractivity contribution in [3.8, 4) is 0 Å². The Labute approximate surface area is 118 Å². The molecule has 1 aromatic rings. The highest BCUT2D eigenvalue weighted by atomic mass is 14.9. The molecule has 1 aliphatic heterocycles. The molecule has 2 nitrogen and oxygen atoms in total. The van der Waals surface area contributed by atoms with Crippen LogP contribution in [0.4, 0.5) is 0 Å². The first-order valence-corrected chi connectivity index (χ1v) is 7.73. The molecular formula is C17H28N2. The quantitative estimate of drug-likeness (QED) is 0.821. The molecule has 1 atom stereocenters. The Morgan fingerprint density at radius 2 is 1.95 bits per heavy atom. The minimum atomic E-state index is 0.739. The smallest absolute Gasteiger partial charge is 0.0205 e. The molecule has 2 heteroatoms. The van der Waals surface area contributed by atoms with Gasteiger partial charge in [-0.05, 0) is 61.9 Å². The van der Waals surface area contributed by atoms with Crippen molar-refractivity contribution in [1.29, 1.82) is 0 Å². The third-order valence-electron chi connectivity index (χ3n) is 3.83. The highest BCUT2D eigenvalue weighted by Crippen LogP contribution is 2.11. The van der Waals surface area contributed by atoms with Gasteiger partial charge in [0.2, 0.25) is 0 Å². The van der Waals surface area contributed by atoms with Gasteiger partial charge in [0.25, 0.3) is 0 Å². The van der Waals surface area contributed by atoms with Crippen LogP contribution in [0.5, 0.6) is 0 Å². The Hall–Kier alpha value is -0.860. The molecule has 2 N–H and O–H groups in total. The number of hydrogen-bond donors (Lipinski definition) is 2. The summed E-state index contributed by atoms with van der Waals surface area (Å²) in [6.07, 6.45) is 3.88. The van der Waals surface area contributed by atoms with Gasteiger partial charge < -0.3 is 10.6 Å². The number of hydrogen-bond acceptors (Lipinski definition) is 2. The maximum atomic E-state index is 3.59. The van der Waals surface area contributed by atoms with Crippen LogP contribution in [0.15, 0.2) is 24.3 Å². The zero-order chi connectivity index (χ0) is 13.5. The molecule has 1 saturated heterocycles. The minimum Gasteiger partial charge on any atom is -0.316 e. The number of benzene rings is 1. The first-order valence-electron chi connectivity index (χ1n) is 7.73. The van der Waals surface area contributed by atoms with Gasteiger partial charge in [-0.2, -0.15) is 0 Å². The second-order valence-corrected chi connectivity index (χ2v) is 6.26. The molecule has 1 fully saturated rings. The summed E-state index contributed by atoms with van der Waals surface area (Å²) in [5, 5.41) is 7.06. The average Bonchev–Trinajstić information content (AvgIpc) is 2.41. The molecule has 19 heavy (non-hydrogen) atoms. The number of rotatable bonds is 6. The van der Waals surface area contributed by atoms with Gasteiger partial charge in [0, 0.05) is 6.54 Å². The average molecular weight is 260 g/mol. The Kier molecular flexibility index (Phi) is 5.87. The van der Waals surface area contributed by atoms with Crippen LogP contribution in [0, 0.1) is 11.8 Å². The van der Waals surface area contributed by atoms with Crippen LogP contribution < -0.4 is 10.6 Å². The van der Waals surface area contributed by atoms with Crippen molar-refractivity contribution in [2.75, 3.05) is 19.6 Å². The molecule has 0 bridgehead atoms. The molecule has 0 saturated carbocycles. The van der Waals surface area contributed by atoms with Crippen molar-refractivity contribution >= 4 is 0 Å². The highest BCUT2D eigenvalue weighted by molar-refractivity contribution is 5.22. The fourth-order valence-electron chi connectivity index (χ4n) is 2.78. The molecule has 0 spiro atoms. The molecule has 0 aromatic heterocycles. The van der Waals surface area contributed by atoms with E-state index in [0.717, 1.165) is 24.9 Å². The molecule has 1 unspecified atom stereocenters. The summed E-state index contributed by atoms with van der Waals surface area (Å²) in [5.41, 5.74) is 2.85. The third kappa shape index (κ3) is 5.33. The zero-order valence-corrected chi connectivity index (χ0v) is 12.4. The number of piperidine rings is 1. The van der Waals surface area contributed by atoms with Crippen LogP contribution in [0.25, 0.3) is 0 Å². The lowest BCUT2D eigenvalue weighted by molar-refractivity contribution is 0.360. The van der Waals surface area contributed by atoms with E-state index in [1.54, 1.807) is 0 Å². The topological polar surface area (TPSA) is 24.1 Å². The van der Waals surface area contributed by atoms with Crippen molar-refractivity contribution in [3.63, 3.8) is 0 Å². The second kappa shape index (κ2) is 7.66. The summed E-state index contributed by atoms with van der Waals surface area (Å²) in [6.45, 7) is 9.06. The van der Waals surface area contributed by atoms with E-state index >= 15 is 0 Å². The van der Waals surface area contributed by atoms with Crippen molar-refractivity contribution in [3.05, 3.63) is 35.4 Å². The van der Waals surface area contributed by atoms with Gasteiger partial charge in [0.15, 0.2) is 0 Å². The molecule has 2 rings (SSSR count). The van der Waals surface area contributed by atoms with Crippen LogP contribution in [-0.4, -0.2) is 19.6 Å². The van der Waals surface area contributed by atoms with Gasteiger partial charge in [-0.25, -0.2) is 0 Å². The first-order chi connectivity index (χ1) is 9.24. The van der Waals surface area contributed by atoms with E-state index in [-0.39, 0.29) is 0 Å². The van der Waals surface area contributed by atoms with Gasteiger partial charge in [-0.15, -0.1) is 0 Å². The summed E-state index contributed by atoms with van der Waals surface area (Å²) in [5.74, 6) is 1.55. The molecule has 0 amide bonds. The minimum absolute atomic E-state index is 0.739. The van der Waals surface area contributed by atoms with E-state index in [2.05, 4.69) is 48.7 Å². The first kappa shape index (κ1) is 14.5. The molecule has 1 aliphatic rings. The Bertz CT molecular complexity index is 350. The normalized spacial score (nSPS) is 19.8. The Morgan fingerprint density at radius 3 is 2.58 bits per heavy atom. The zero-order valence-electron chi connectivity index (χ0n) is 12.4. The van der Waals surface area contributed by atoms with E-state index in [1.807, 2.05) is 0 Å². The van der Waals surface area contributed by atoms with Gasteiger partial charge >= 0.3 is 0 Å². The fraction of sp³-hybridized carbons (Fsp3) is 0.647. The summed E-state index contributed by atoms with van der Waals surface area (Å²) < 4.78 is 0. The lowest BCUT2D eigenvalue weighted by Crippen LogP contribution is -2.35. The van der Waals surface area contributed by atoms with Crippen molar-refractivity contribution in [2.24, 2.45) is 11.8 Å². The van der Waals surface area contributed by atoms with E-state index in [4.69, 9.17) is 0 Å². The molecule has 1 heterocycles. The number of nitrogens with one attached hydrogen (secondary N) is 2. The van der Waals surface area contributed by atoms with Crippen LogP contribution in [0.1, 0.15) is 37.8 Å². The van der Waals surface area contributed by atoms with Gasteiger partial charge in [0.1, 0.15) is 0 Å². The molecule has 106 valence electrons. The van der Waals surface area contributed by atoms with E-state index in [0.29, 0.717) is 0 Å². The fourth-order valence-corrected chi connectivity index (χ4v) is 2.78. The summed E-state index contributed by atoms with van der Waals surface area (Å²) in [7, 11) is 0. The SMILES string of the molecule is CC(C)Cc1ccc(CNCC2CCCNC2)cc1. The van der Waals surface area contributed by atoms with Gasteiger partial charge in [-0.1, -0.05) is 38.1 Å². The van der Waals surface area contributed by atoms with Crippen LogP contribution in [0.2, 0.25) is 0 Å². The van der Waals surface area contributed by atoms with Crippen molar-refractivity contribution in [1.82, 2.24) is 10.6 Å². The van der Waals surface area contributed by atoms with E-state index in [9.17, 15) is 0 Å². The largest absolute Gasteiger partial charge is 0.316 e. The van der Waals surface area contributed by atoms with E-state index < -0.39 is 0 Å². The molecule has 0 aliphatic carbocycles. The van der Waals surface area contributed by atoms with Crippen LogP contribution in [-0.2, 0) is 13.0 Å². The van der Waals surface area contributed by atoms with Crippen LogP contribution in [0.3, 0.4) is 0 Å². The predicted octanol–water partition coefficient (Wildman–Crippen LogP) is 2.97. The lowest BCUT2D eigenvalue weighted by atomic mass is 9.99. The second-order valence-electron chi connectivity index (χ2n) is 6.26. The third-order valence-corrected chi connectivity index (χ3v) is 3.83. The lowest BCUT2D eigenvalue weighted by Gasteiger charge is -2.23.